The number of hydrogen-bond donors (Lipinski definition) is 3. The van der Waals surface area contributed by atoms with Gasteiger partial charge in [-0.3, -0.25) is 4.79 Å². The highest BCUT2D eigenvalue weighted by atomic mass is 35.5. The van der Waals surface area contributed by atoms with Gasteiger partial charge in [-0.05, 0) is 44.2 Å². The van der Waals surface area contributed by atoms with E-state index in [4.69, 9.17) is 17.3 Å². The molecule has 0 aromatic heterocycles. The first-order chi connectivity index (χ1) is 10.7. The number of carbonyl (C=O) groups is 1. The number of nitrogens with two attached hydrogens (primary N) is 1. The topological polar surface area (TPSA) is 75.3 Å². The Morgan fingerprint density at radius 1 is 1.35 bits per heavy atom. The van der Waals surface area contributed by atoms with Crippen molar-refractivity contribution in [3.8, 4) is 0 Å². The van der Waals surface area contributed by atoms with Gasteiger partial charge in [0.05, 0.1) is 5.60 Å². The first-order valence-electron chi connectivity index (χ1n) is 7.03. The summed E-state index contributed by atoms with van der Waals surface area (Å²) in [4.78, 5) is 12.2. The van der Waals surface area contributed by atoms with Crippen molar-refractivity contribution in [2.75, 3.05) is 5.73 Å². The van der Waals surface area contributed by atoms with Gasteiger partial charge in [-0.25, -0.2) is 4.39 Å². The van der Waals surface area contributed by atoms with Crippen LogP contribution in [0.25, 0.3) is 0 Å². The van der Waals surface area contributed by atoms with Gasteiger partial charge in [0.2, 0.25) is 0 Å². The zero-order valence-corrected chi connectivity index (χ0v) is 13.6. The van der Waals surface area contributed by atoms with E-state index in [1.165, 1.54) is 18.2 Å². The van der Waals surface area contributed by atoms with Crippen LogP contribution < -0.4 is 11.1 Å². The van der Waals surface area contributed by atoms with Gasteiger partial charge < -0.3 is 16.2 Å². The van der Waals surface area contributed by atoms with Crippen LogP contribution >= 0.6 is 11.6 Å². The maximum absolute atomic E-state index is 13.7. The first kappa shape index (κ1) is 17.2. The number of anilines is 1. The fourth-order valence-electron chi connectivity index (χ4n) is 2.20. The molecule has 0 aliphatic carbocycles. The summed E-state index contributed by atoms with van der Waals surface area (Å²) in [5.74, 6) is -0.887. The maximum atomic E-state index is 13.7. The smallest absolute Gasteiger partial charge is 0.251 e. The van der Waals surface area contributed by atoms with E-state index in [9.17, 15) is 14.3 Å². The first-order valence-corrected chi connectivity index (χ1v) is 7.41. The monoisotopic (exact) mass is 336 g/mol. The van der Waals surface area contributed by atoms with E-state index in [0.717, 1.165) is 0 Å². The quantitative estimate of drug-likeness (QED) is 0.750. The predicted molar refractivity (Wildman–Crippen MR) is 88.7 cm³/mol. The van der Waals surface area contributed by atoms with Crippen LogP contribution in [0.2, 0.25) is 5.02 Å². The number of halogens is 2. The number of nitrogens with one attached hydrogen (secondary N) is 1. The molecule has 23 heavy (non-hydrogen) atoms. The molecule has 0 aliphatic heterocycles. The number of carbonyl (C=O) groups excluding carboxylic acids is 1. The second-order valence-electron chi connectivity index (χ2n) is 5.74. The number of amides is 1. The Morgan fingerprint density at radius 2 is 2.04 bits per heavy atom. The Labute approximate surface area is 139 Å². The van der Waals surface area contributed by atoms with Crippen molar-refractivity contribution in [3.63, 3.8) is 0 Å². The summed E-state index contributed by atoms with van der Waals surface area (Å²) in [5, 5.41) is 12.9. The molecule has 0 aliphatic rings. The highest BCUT2D eigenvalue weighted by Crippen LogP contribution is 2.26. The Hall–Kier alpha value is -2.11. The number of nitrogen functional groups attached to an aromatic ring is 1. The van der Waals surface area contributed by atoms with Crippen molar-refractivity contribution in [3.05, 3.63) is 63.9 Å². The third-order valence-electron chi connectivity index (χ3n) is 3.46. The van der Waals surface area contributed by atoms with E-state index < -0.39 is 17.3 Å². The van der Waals surface area contributed by atoms with Crippen LogP contribution in [0.1, 0.15) is 35.3 Å². The predicted octanol–water partition coefficient (Wildman–Crippen LogP) is 3.22. The SMILES string of the molecule is CC(C)(O)c1cc(C(=O)NCc2c(F)cccc2Cl)ccc1N. The maximum Gasteiger partial charge on any atom is 0.251 e. The van der Waals surface area contributed by atoms with Gasteiger partial charge in [0, 0.05) is 33.9 Å². The molecule has 0 saturated heterocycles. The fraction of sp³-hybridized carbons (Fsp3) is 0.235. The van der Waals surface area contributed by atoms with Crippen LogP contribution in [-0.2, 0) is 12.1 Å². The summed E-state index contributed by atoms with van der Waals surface area (Å²) in [7, 11) is 0. The second kappa shape index (κ2) is 6.56. The van der Waals surface area contributed by atoms with Gasteiger partial charge in [-0.15, -0.1) is 0 Å². The highest BCUT2D eigenvalue weighted by Gasteiger charge is 2.21. The zero-order valence-electron chi connectivity index (χ0n) is 12.9. The van der Waals surface area contributed by atoms with Crippen LogP contribution in [0, 0.1) is 5.82 Å². The van der Waals surface area contributed by atoms with Crippen molar-refractivity contribution >= 4 is 23.2 Å². The molecule has 4 nitrogen and oxygen atoms in total. The minimum Gasteiger partial charge on any atom is -0.398 e. The molecule has 0 saturated carbocycles. The standard InChI is InChI=1S/C17H18ClFN2O2/c1-17(2,23)12-8-10(6-7-15(12)20)16(22)21-9-11-13(18)4-3-5-14(11)19/h3-8,23H,9,20H2,1-2H3,(H,21,22). The average molecular weight is 337 g/mol. The Morgan fingerprint density at radius 3 is 2.65 bits per heavy atom. The molecule has 0 atom stereocenters. The molecule has 6 heteroatoms. The third-order valence-corrected chi connectivity index (χ3v) is 3.82. The lowest BCUT2D eigenvalue weighted by Gasteiger charge is -2.20. The summed E-state index contributed by atoms with van der Waals surface area (Å²) in [5.41, 5.74) is 6.04. The number of hydrogen-bond acceptors (Lipinski definition) is 3. The minimum atomic E-state index is -1.17. The lowest BCUT2D eigenvalue weighted by Crippen LogP contribution is -2.25. The molecule has 0 spiro atoms. The number of aliphatic hydroxyl groups is 1. The summed E-state index contributed by atoms with van der Waals surface area (Å²) in [6.45, 7) is 3.13. The van der Waals surface area contributed by atoms with Gasteiger partial charge in [0.15, 0.2) is 0 Å². The van der Waals surface area contributed by atoms with E-state index in [2.05, 4.69) is 5.32 Å². The average Bonchev–Trinajstić information content (AvgIpc) is 2.45. The van der Waals surface area contributed by atoms with Crippen molar-refractivity contribution in [2.45, 2.75) is 26.0 Å². The molecule has 0 bridgehead atoms. The summed E-state index contributed by atoms with van der Waals surface area (Å²) < 4.78 is 13.7. The van der Waals surface area contributed by atoms with Gasteiger partial charge >= 0.3 is 0 Å². The van der Waals surface area contributed by atoms with E-state index in [-0.39, 0.29) is 17.1 Å². The van der Waals surface area contributed by atoms with Crippen molar-refractivity contribution in [1.29, 1.82) is 0 Å². The van der Waals surface area contributed by atoms with Gasteiger partial charge in [-0.1, -0.05) is 17.7 Å². The van der Waals surface area contributed by atoms with Crippen LogP contribution in [0.4, 0.5) is 10.1 Å². The molecular formula is C17H18ClFN2O2. The van der Waals surface area contributed by atoms with Crippen LogP contribution in [0.5, 0.6) is 0 Å². The Kier molecular flexibility index (Phi) is 4.92. The normalized spacial score (nSPS) is 11.3. The fourth-order valence-corrected chi connectivity index (χ4v) is 2.43. The highest BCUT2D eigenvalue weighted by molar-refractivity contribution is 6.31. The van der Waals surface area contributed by atoms with Gasteiger partial charge in [0.1, 0.15) is 5.82 Å². The molecule has 0 radical (unpaired) electrons. The van der Waals surface area contributed by atoms with E-state index >= 15 is 0 Å². The molecule has 2 aromatic rings. The number of benzene rings is 2. The van der Waals surface area contributed by atoms with Gasteiger partial charge in [-0.2, -0.15) is 0 Å². The molecule has 0 heterocycles. The zero-order chi connectivity index (χ0) is 17.2. The van der Waals surface area contributed by atoms with Crippen molar-refractivity contribution in [1.82, 2.24) is 5.32 Å². The van der Waals surface area contributed by atoms with Gasteiger partial charge in [0.25, 0.3) is 5.91 Å². The van der Waals surface area contributed by atoms with Crippen molar-refractivity contribution < 1.29 is 14.3 Å². The summed E-state index contributed by atoms with van der Waals surface area (Å²) in [6.07, 6.45) is 0. The Bertz CT molecular complexity index is 722. The molecule has 2 rings (SSSR count). The number of rotatable bonds is 4. The van der Waals surface area contributed by atoms with E-state index in [0.29, 0.717) is 16.8 Å². The molecule has 122 valence electrons. The Balaban J connectivity index is 2.19. The lowest BCUT2D eigenvalue weighted by molar-refractivity contribution is 0.0792. The van der Waals surface area contributed by atoms with E-state index in [1.54, 1.807) is 32.0 Å². The second-order valence-corrected chi connectivity index (χ2v) is 6.15. The summed E-state index contributed by atoms with van der Waals surface area (Å²) in [6, 6.07) is 8.96. The minimum absolute atomic E-state index is 0.0352. The largest absolute Gasteiger partial charge is 0.398 e. The molecule has 0 fully saturated rings. The molecule has 2 aromatic carbocycles. The van der Waals surface area contributed by atoms with Crippen LogP contribution in [-0.4, -0.2) is 11.0 Å². The van der Waals surface area contributed by atoms with E-state index in [1.807, 2.05) is 0 Å². The van der Waals surface area contributed by atoms with Crippen LogP contribution in [0.15, 0.2) is 36.4 Å². The summed E-state index contributed by atoms with van der Waals surface area (Å²) >= 11 is 5.92. The molecule has 0 unspecified atom stereocenters. The molecular weight excluding hydrogens is 319 g/mol. The van der Waals surface area contributed by atoms with Crippen LogP contribution in [0.3, 0.4) is 0 Å². The lowest BCUT2D eigenvalue weighted by atomic mass is 9.94. The third kappa shape index (κ3) is 4.00. The molecule has 4 N–H and O–H groups in total. The molecule has 1 amide bonds. The van der Waals surface area contributed by atoms with Crippen molar-refractivity contribution in [2.24, 2.45) is 0 Å².